The van der Waals surface area contributed by atoms with Crippen molar-refractivity contribution in [1.82, 2.24) is 9.80 Å². The number of aromatic hydroxyl groups is 1. The van der Waals surface area contributed by atoms with Crippen LogP contribution in [0, 0.1) is 0 Å². The van der Waals surface area contributed by atoms with E-state index < -0.39 is 17.4 Å². The number of fused-ring (bicyclic) bond motifs is 1. The second kappa shape index (κ2) is 10.8. The van der Waals surface area contributed by atoms with Crippen molar-refractivity contribution in [2.24, 2.45) is 0 Å². The molecule has 2 aliphatic rings. The van der Waals surface area contributed by atoms with Gasteiger partial charge in [-0.3, -0.25) is 9.69 Å². The number of halogens is 3. The molecule has 9 heteroatoms. The van der Waals surface area contributed by atoms with E-state index in [-0.39, 0.29) is 23.4 Å². The number of piperidine rings is 1. The number of aliphatic hydroxyl groups is 1. The molecule has 1 saturated carbocycles. The monoisotopic (exact) mass is 530 g/mol. The predicted molar refractivity (Wildman–Crippen MR) is 139 cm³/mol. The third-order valence-electron chi connectivity index (χ3n) is 7.90. The van der Waals surface area contributed by atoms with Crippen molar-refractivity contribution in [3.05, 3.63) is 78.4 Å². The number of carbonyl (C=O) groups is 1. The summed E-state index contributed by atoms with van der Waals surface area (Å²) in [5, 5.41) is 22.2. The number of carbonyl (C=O) groups excluding carboxylic acids is 1. The average molecular weight is 531 g/mol. The maximum atomic E-state index is 13.1. The van der Waals surface area contributed by atoms with Crippen LogP contribution in [-0.4, -0.2) is 70.6 Å². The molecular weight excluding hydrogens is 497 g/mol. The van der Waals surface area contributed by atoms with Gasteiger partial charge >= 0.3 is 6.36 Å². The van der Waals surface area contributed by atoms with E-state index in [9.17, 15) is 28.2 Å². The van der Waals surface area contributed by atoms with Crippen LogP contribution in [0.2, 0.25) is 0 Å². The van der Waals surface area contributed by atoms with Crippen LogP contribution in [0.15, 0.2) is 67.3 Å². The lowest BCUT2D eigenvalue weighted by molar-refractivity contribution is -0.274. The molecule has 0 radical (unpaired) electrons. The SMILES string of the molecule is C=CCN1CCC2(c3cccc(O)c3)CC(N(C)C(=O)/C=C/c3cccc(OC(F)(F)F)c3)CCC2(O)C1. The fourth-order valence-corrected chi connectivity index (χ4v) is 5.99. The quantitative estimate of drug-likeness (QED) is 0.395. The van der Waals surface area contributed by atoms with Crippen molar-refractivity contribution in [2.75, 3.05) is 26.7 Å². The van der Waals surface area contributed by atoms with E-state index in [1.165, 1.54) is 30.4 Å². The first kappa shape index (κ1) is 27.7. The van der Waals surface area contributed by atoms with Crippen LogP contribution in [0.4, 0.5) is 13.2 Å². The van der Waals surface area contributed by atoms with E-state index in [0.29, 0.717) is 44.3 Å². The van der Waals surface area contributed by atoms with Crippen LogP contribution in [0.25, 0.3) is 6.08 Å². The third-order valence-corrected chi connectivity index (χ3v) is 7.90. The Morgan fingerprint density at radius 1 is 1.24 bits per heavy atom. The molecule has 3 atom stereocenters. The Morgan fingerprint density at radius 2 is 2.00 bits per heavy atom. The van der Waals surface area contributed by atoms with E-state index in [1.54, 1.807) is 36.2 Å². The number of β-amino-alcohol motifs (C(OH)–C–C–N with tert-alkyl or cyclic N) is 1. The summed E-state index contributed by atoms with van der Waals surface area (Å²) in [7, 11) is 1.70. The number of hydrogen-bond donors (Lipinski definition) is 2. The largest absolute Gasteiger partial charge is 0.573 e. The lowest BCUT2D eigenvalue weighted by atomic mass is 9.55. The Kier molecular flexibility index (Phi) is 7.90. The molecule has 2 aromatic rings. The highest BCUT2D eigenvalue weighted by Crippen LogP contribution is 2.52. The topological polar surface area (TPSA) is 73.2 Å². The highest BCUT2D eigenvalue weighted by atomic mass is 19.4. The van der Waals surface area contributed by atoms with Gasteiger partial charge in [0.2, 0.25) is 5.91 Å². The summed E-state index contributed by atoms with van der Waals surface area (Å²) in [6, 6.07) is 12.2. The van der Waals surface area contributed by atoms with E-state index in [4.69, 9.17) is 0 Å². The van der Waals surface area contributed by atoms with Gasteiger partial charge in [-0.05, 0) is 73.7 Å². The van der Waals surface area contributed by atoms with E-state index in [2.05, 4.69) is 16.2 Å². The first-order chi connectivity index (χ1) is 17.9. The Bertz CT molecular complexity index is 1200. The van der Waals surface area contributed by atoms with Crippen LogP contribution in [0.1, 0.15) is 36.8 Å². The van der Waals surface area contributed by atoms with Crippen molar-refractivity contribution in [2.45, 2.75) is 49.1 Å². The van der Waals surface area contributed by atoms with Crippen molar-refractivity contribution >= 4 is 12.0 Å². The smallest absolute Gasteiger partial charge is 0.508 e. The predicted octanol–water partition coefficient (Wildman–Crippen LogP) is 4.88. The van der Waals surface area contributed by atoms with Crippen LogP contribution in [0.3, 0.4) is 0 Å². The zero-order chi connectivity index (χ0) is 27.6. The molecule has 1 aliphatic carbocycles. The fraction of sp³-hybridized carbons (Fsp3) is 0.414. The number of phenols is 1. The molecule has 2 fully saturated rings. The van der Waals surface area contributed by atoms with E-state index in [1.807, 2.05) is 12.1 Å². The number of amides is 1. The van der Waals surface area contributed by atoms with Gasteiger partial charge in [-0.1, -0.05) is 30.3 Å². The first-order valence-corrected chi connectivity index (χ1v) is 12.6. The number of rotatable bonds is 7. The van der Waals surface area contributed by atoms with Crippen LogP contribution >= 0.6 is 0 Å². The highest BCUT2D eigenvalue weighted by Gasteiger charge is 2.58. The van der Waals surface area contributed by atoms with E-state index >= 15 is 0 Å². The summed E-state index contributed by atoms with van der Waals surface area (Å²) in [6.07, 6.45) is 2.04. The van der Waals surface area contributed by atoms with Crippen molar-refractivity contribution in [1.29, 1.82) is 0 Å². The molecule has 2 N–H and O–H groups in total. The lowest BCUT2D eigenvalue weighted by Crippen LogP contribution is -2.67. The van der Waals surface area contributed by atoms with Gasteiger partial charge in [0.1, 0.15) is 11.5 Å². The van der Waals surface area contributed by atoms with Gasteiger partial charge in [0.05, 0.1) is 5.60 Å². The number of ether oxygens (including phenoxy) is 1. The standard InChI is InChI=1S/C29H33F3N2O4/c1-3-15-34-16-14-27(22-7-5-8-24(35)18-22)19-23(12-13-28(27,37)20-34)33(2)26(36)11-10-21-6-4-9-25(17-21)38-29(30,31)32/h3-11,17-18,23,35,37H,1,12-16,19-20H2,2H3/b11-10+. The minimum atomic E-state index is -4.80. The zero-order valence-electron chi connectivity index (χ0n) is 21.3. The molecule has 38 heavy (non-hydrogen) atoms. The number of likely N-dealkylation sites (tertiary alicyclic amines) is 1. The van der Waals surface area contributed by atoms with Crippen LogP contribution in [-0.2, 0) is 10.2 Å². The minimum absolute atomic E-state index is 0.124. The Balaban J connectivity index is 1.55. The molecule has 0 aromatic heterocycles. The fourth-order valence-electron chi connectivity index (χ4n) is 5.99. The van der Waals surface area contributed by atoms with Gasteiger partial charge < -0.3 is 19.8 Å². The molecule has 1 saturated heterocycles. The van der Waals surface area contributed by atoms with Crippen molar-refractivity contribution < 1.29 is 32.9 Å². The average Bonchev–Trinajstić information content (AvgIpc) is 2.85. The summed E-state index contributed by atoms with van der Waals surface area (Å²) in [5.41, 5.74) is -0.455. The second-order valence-corrected chi connectivity index (χ2v) is 10.2. The number of alkyl halides is 3. The molecular formula is C29H33F3N2O4. The summed E-state index contributed by atoms with van der Waals surface area (Å²) >= 11 is 0. The maximum absolute atomic E-state index is 13.1. The lowest BCUT2D eigenvalue weighted by Gasteiger charge is -2.58. The second-order valence-electron chi connectivity index (χ2n) is 10.2. The van der Waals surface area contributed by atoms with Gasteiger partial charge in [-0.25, -0.2) is 0 Å². The molecule has 204 valence electrons. The van der Waals surface area contributed by atoms with Gasteiger partial charge in [0.25, 0.3) is 0 Å². The Hall–Kier alpha value is -3.30. The molecule has 1 aliphatic heterocycles. The van der Waals surface area contributed by atoms with Crippen molar-refractivity contribution in [3.8, 4) is 11.5 Å². The summed E-state index contributed by atoms with van der Waals surface area (Å²) in [4.78, 5) is 16.9. The minimum Gasteiger partial charge on any atom is -0.508 e. The van der Waals surface area contributed by atoms with Gasteiger partial charge in [-0.15, -0.1) is 19.8 Å². The van der Waals surface area contributed by atoms with Crippen molar-refractivity contribution in [3.63, 3.8) is 0 Å². The zero-order valence-corrected chi connectivity index (χ0v) is 21.3. The van der Waals surface area contributed by atoms with Crippen LogP contribution < -0.4 is 4.74 Å². The number of hydrogen-bond acceptors (Lipinski definition) is 5. The van der Waals surface area contributed by atoms with Crippen LogP contribution in [0.5, 0.6) is 11.5 Å². The highest BCUT2D eigenvalue weighted by molar-refractivity contribution is 5.91. The number of phenolic OH excluding ortho intramolecular Hbond substituents is 1. The van der Waals surface area contributed by atoms with Gasteiger partial charge in [0, 0.05) is 37.7 Å². The number of nitrogens with zero attached hydrogens (tertiary/aromatic N) is 2. The Labute approximate surface area is 220 Å². The molecule has 0 bridgehead atoms. The maximum Gasteiger partial charge on any atom is 0.573 e. The molecule has 2 aromatic carbocycles. The Morgan fingerprint density at radius 3 is 2.71 bits per heavy atom. The number of likely N-dealkylation sites (N-methyl/N-ethyl adjacent to an activating group) is 1. The summed E-state index contributed by atoms with van der Waals surface area (Å²) in [5.74, 6) is -0.528. The summed E-state index contributed by atoms with van der Waals surface area (Å²) in [6.45, 7) is 5.69. The molecule has 4 rings (SSSR count). The molecule has 1 heterocycles. The third kappa shape index (κ3) is 5.89. The first-order valence-electron chi connectivity index (χ1n) is 12.6. The molecule has 3 unspecified atom stereocenters. The number of benzene rings is 2. The van der Waals surface area contributed by atoms with Gasteiger partial charge in [-0.2, -0.15) is 0 Å². The molecule has 6 nitrogen and oxygen atoms in total. The molecule has 0 spiro atoms. The van der Waals surface area contributed by atoms with Gasteiger partial charge in [0.15, 0.2) is 0 Å². The normalized spacial score (nSPS) is 26.1. The summed E-state index contributed by atoms with van der Waals surface area (Å²) < 4.78 is 41.6. The molecule has 1 amide bonds. The van der Waals surface area contributed by atoms with E-state index in [0.717, 1.165) is 12.1 Å².